The molecule has 3 heterocycles. The molecule has 2 aromatic heterocycles. The van der Waals surface area contributed by atoms with Crippen LogP contribution in [0.2, 0.25) is 5.02 Å². The van der Waals surface area contributed by atoms with E-state index in [1.165, 1.54) is 11.3 Å². The number of hydrogen-bond acceptors (Lipinski definition) is 7. The minimum absolute atomic E-state index is 0.115. The molecule has 0 atom stereocenters. The van der Waals surface area contributed by atoms with Crippen molar-refractivity contribution in [2.45, 2.75) is 13.5 Å². The Bertz CT molecular complexity index is 1690. The monoisotopic (exact) mass is 506 g/mol. The molecule has 9 heteroatoms. The van der Waals surface area contributed by atoms with E-state index < -0.39 is 0 Å². The third-order valence-corrected chi connectivity index (χ3v) is 6.84. The molecule has 7 nitrogen and oxygen atoms in total. The number of halogens is 1. The summed E-state index contributed by atoms with van der Waals surface area (Å²) in [5.74, 6) is 2.35. The number of imidazole rings is 1. The maximum absolute atomic E-state index is 13.1. The fourth-order valence-corrected chi connectivity index (χ4v) is 5.28. The van der Waals surface area contributed by atoms with Crippen molar-refractivity contribution in [2.75, 3.05) is 13.4 Å². The first-order chi connectivity index (χ1) is 17.1. The highest BCUT2D eigenvalue weighted by Crippen LogP contribution is 2.38. The maximum atomic E-state index is 13.1. The van der Waals surface area contributed by atoms with Crippen LogP contribution < -0.4 is 29.0 Å². The Hall–Kier alpha value is -3.75. The first-order valence-corrected chi connectivity index (χ1v) is 12.2. The summed E-state index contributed by atoms with van der Waals surface area (Å²) < 4.78 is 24.9. The highest BCUT2D eigenvalue weighted by molar-refractivity contribution is 7.15. The van der Waals surface area contributed by atoms with Crippen molar-refractivity contribution in [3.8, 4) is 23.0 Å². The van der Waals surface area contributed by atoms with Gasteiger partial charge in [-0.1, -0.05) is 41.1 Å². The number of thiazole rings is 1. The number of benzene rings is 3. The van der Waals surface area contributed by atoms with E-state index in [0.717, 1.165) is 22.2 Å². The van der Waals surface area contributed by atoms with Gasteiger partial charge in [-0.2, -0.15) is 0 Å². The molecule has 0 aliphatic carbocycles. The lowest BCUT2D eigenvalue weighted by molar-refractivity contribution is 0.174. The number of ether oxygens (including phenoxy) is 4. The Morgan fingerprint density at radius 2 is 1.97 bits per heavy atom. The Morgan fingerprint density at radius 3 is 2.86 bits per heavy atom. The van der Waals surface area contributed by atoms with Crippen LogP contribution in [0, 0.1) is 0 Å². The molecule has 3 aromatic carbocycles. The van der Waals surface area contributed by atoms with Crippen molar-refractivity contribution in [3.63, 3.8) is 0 Å². The number of nitrogens with zero attached hydrogens (tertiary/aromatic N) is 2. The standard InChI is InChI=1S/C26H19ClN2O5S/c1-2-31-22-11-16(12-23-25(30)29-19-6-4-3-5-18(19)28-26(29)35-23)9-17(27)24(22)32-13-15-7-8-20-21(10-15)34-14-33-20/h3-12H,2,13-14H2,1H3. The molecular weight excluding hydrogens is 488 g/mol. The number of fused-ring (bicyclic) bond motifs is 4. The summed E-state index contributed by atoms with van der Waals surface area (Å²) in [7, 11) is 0. The van der Waals surface area contributed by atoms with E-state index in [4.69, 9.17) is 30.5 Å². The van der Waals surface area contributed by atoms with Gasteiger partial charge in [-0.05, 0) is 60.5 Å². The first-order valence-electron chi connectivity index (χ1n) is 11.0. The molecule has 0 amide bonds. The van der Waals surface area contributed by atoms with Gasteiger partial charge in [0, 0.05) is 0 Å². The molecule has 0 N–H and O–H groups in total. The molecule has 0 fully saturated rings. The van der Waals surface area contributed by atoms with Crippen LogP contribution in [-0.4, -0.2) is 22.8 Å². The van der Waals surface area contributed by atoms with Crippen molar-refractivity contribution < 1.29 is 18.9 Å². The molecule has 0 spiro atoms. The highest BCUT2D eigenvalue weighted by Gasteiger charge is 2.16. The van der Waals surface area contributed by atoms with Gasteiger partial charge in [-0.15, -0.1) is 0 Å². The molecule has 1 aliphatic heterocycles. The molecule has 0 saturated heterocycles. The lowest BCUT2D eigenvalue weighted by Gasteiger charge is -2.14. The van der Waals surface area contributed by atoms with Gasteiger partial charge < -0.3 is 18.9 Å². The highest BCUT2D eigenvalue weighted by atomic mass is 35.5. The minimum atomic E-state index is -0.115. The summed E-state index contributed by atoms with van der Waals surface area (Å²) >= 11 is 7.95. The number of para-hydroxylation sites is 2. The van der Waals surface area contributed by atoms with Crippen LogP contribution in [0.3, 0.4) is 0 Å². The summed E-state index contributed by atoms with van der Waals surface area (Å²) in [6, 6.07) is 16.8. The average Bonchev–Trinajstić information content (AvgIpc) is 3.53. The predicted molar refractivity (Wildman–Crippen MR) is 135 cm³/mol. The zero-order valence-corrected chi connectivity index (χ0v) is 20.2. The summed E-state index contributed by atoms with van der Waals surface area (Å²) in [5, 5.41) is 0.391. The number of rotatable bonds is 6. The lowest BCUT2D eigenvalue weighted by Crippen LogP contribution is -2.22. The molecule has 5 aromatic rings. The van der Waals surface area contributed by atoms with Gasteiger partial charge in [0.2, 0.25) is 6.79 Å². The predicted octanol–water partition coefficient (Wildman–Crippen LogP) is 4.82. The number of hydrogen-bond donors (Lipinski definition) is 0. The zero-order valence-electron chi connectivity index (χ0n) is 18.6. The SMILES string of the molecule is CCOc1cc(C=c2sc3nc4ccccc4n3c2=O)cc(Cl)c1OCc1ccc2c(c1)OCO2. The van der Waals surface area contributed by atoms with Gasteiger partial charge >= 0.3 is 0 Å². The third-order valence-electron chi connectivity index (χ3n) is 5.59. The minimum Gasteiger partial charge on any atom is -0.490 e. The smallest absolute Gasteiger partial charge is 0.274 e. The van der Waals surface area contributed by atoms with E-state index in [1.54, 1.807) is 16.5 Å². The van der Waals surface area contributed by atoms with E-state index in [0.29, 0.717) is 44.1 Å². The molecule has 0 saturated carbocycles. The summed E-state index contributed by atoms with van der Waals surface area (Å²) in [6.07, 6.45) is 1.80. The molecule has 0 unspecified atom stereocenters. The normalized spacial score (nSPS) is 13.1. The van der Waals surface area contributed by atoms with Crippen molar-refractivity contribution in [3.05, 3.63) is 85.6 Å². The van der Waals surface area contributed by atoms with Crippen molar-refractivity contribution in [2.24, 2.45) is 0 Å². The van der Waals surface area contributed by atoms with Gasteiger partial charge in [0.1, 0.15) is 6.61 Å². The zero-order chi connectivity index (χ0) is 23.9. The second-order valence-corrected chi connectivity index (χ2v) is 9.29. The Labute approximate surface area is 208 Å². The maximum Gasteiger partial charge on any atom is 0.274 e. The first kappa shape index (κ1) is 21.8. The van der Waals surface area contributed by atoms with Crippen LogP contribution in [0.1, 0.15) is 18.1 Å². The summed E-state index contributed by atoms with van der Waals surface area (Å²) in [4.78, 5) is 18.3. The van der Waals surface area contributed by atoms with Crippen LogP contribution in [0.15, 0.2) is 59.4 Å². The lowest BCUT2D eigenvalue weighted by atomic mass is 10.2. The van der Waals surface area contributed by atoms with Crippen LogP contribution >= 0.6 is 22.9 Å². The van der Waals surface area contributed by atoms with Crippen LogP contribution in [-0.2, 0) is 6.61 Å². The molecular formula is C26H19ClN2O5S. The molecule has 0 bridgehead atoms. The van der Waals surface area contributed by atoms with E-state index in [9.17, 15) is 4.79 Å². The van der Waals surface area contributed by atoms with Crippen molar-refractivity contribution in [1.82, 2.24) is 9.38 Å². The second-order valence-electron chi connectivity index (χ2n) is 7.87. The van der Waals surface area contributed by atoms with Crippen LogP contribution in [0.4, 0.5) is 0 Å². The molecule has 176 valence electrons. The third kappa shape index (κ3) is 3.94. The van der Waals surface area contributed by atoms with E-state index in [1.807, 2.05) is 55.5 Å². The average molecular weight is 507 g/mol. The molecule has 1 aliphatic rings. The van der Waals surface area contributed by atoms with Gasteiger partial charge in [0.05, 0.1) is 27.2 Å². The fraction of sp³-hybridized carbons (Fsp3) is 0.154. The molecule has 35 heavy (non-hydrogen) atoms. The summed E-state index contributed by atoms with van der Waals surface area (Å²) in [6.45, 7) is 2.82. The number of aromatic nitrogens is 2. The molecule has 6 rings (SSSR count). The Kier molecular flexibility index (Phi) is 5.47. The quantitative estimate of drug-likeness (QED) is 0.329. The van der Waals surface area contributed by atoms with Gasteiger partial charge in [0.15, 0.2) is 28.0 Å². The van der Waals surface area contributed by atoms with E-state index in [-0.39, 0.29) is 19.0 Å². The second kappa shape index (κ2) is 8.79. The Balaban J connectivity index is 1.34. The van der Waals surface area contributed by atoms with Crippen LogP contribution in [0.25, 0.3) is 22.1 Å². The van der Waals surface area contributed by atoms with Crippen molar-refractivity contribution >= 4 is 45.0 Å². The summed E-state index contributed by atoms with van der Waals surface area (Å²) in [5.41, 5.74) is 3.13. The van der Waals surface area contributed by atoms with Crippen molar-refractivity contribution in [1.29, 1.82) is 0 Å². The van der Waals surface area contributed by atoms with Gasteiger partial charge in [-0.3, -0.25) is 4.79 Å². The topological polar surface area (TPSA) is 71.3 Å². The van der Waals surface area contributed by atoms with Gasteiger partial charge in [-0.25, -0.2) is 9.38 Å². The molecule has 0 radical (unpaired) electrons. The van der Waals surface area contributed by atoms with Gasteiger partial charge in [0.25, 0.3) is 5.56 Å². The fourth-order valence-electron chi connectivity index (χ4n) is 4.02. The Morgan fingerprint density at radius 1 is 1.11 bits per heavy atom. The van der Waals surface area contributed by atoms with E-state index >= 15 is 0 Å². The van der Waals surface area contributed by atoms with E-state index in [2.05, 4.69) is 4.98 Å². The largest absolute Gasteiger partial charge is 0.490 e. The van der Waals surface area contributed by atoms with Crippen LogP contribution in [0.5, 0.6) is 23.0 Å².